The molecule has 1 heterocycles. The summed E-state index contributed by atoms with van der Waals surface area (Å²) in [5, 5.41) is 3.22. The molecule has 0 spiro atoms. The van der Waals surface area contributed by atoms with Crippen molar-refractivity contribution >= 4 is 33.6 Å². The third kappa shape index (κ3) is 4.77. The number of sulfonamides is 1. The number of rotatable bonds is 6. The average molecular weight is 405 g/mol. The standard InChI is InChI=1S/C20H21ClN2O3S/c21-17-10-12-18(13-11-17)27(25,26)23(19-9-4-14-22-20(19)24)15-5-8-16-6-2-1-3-7-16/h1-3,5-8,10-13,19H,4,9,14-15H2,(H,22,24). The topological polar surface area (TPSA) is 66.5 Å². The van der Waals surface area contributed by atoms with E-state index in [1.807, 2.05) is 36.4 Å². The van der Waals surface area contributed by atoms with E-state index in [1.54, 1.807) is 6.08 Å². The number of benzene rings is 2. The van der Waals surface area contributed by atoms with Crippen molar-refractivity contribution in [3.8, 4) is 0 Å². The summed E-state index contributed by atoms with van der Waals surface area (Å²) in [7, 11) is -3.84. The molecule has 3 rings (SSSR count). The van der Waals surface area contributed by atoms with Crippen LogP contribution >= 0.6 is 11.6 Å². The van der Waals surface area contributed by atoms with Crippen LogP contribution in [0.5, 0.6) is 0 Å². The summed E-state index contributed by atoms with van der Waals surface area (Å²) >= 11 is 5.88. The monoisotopic (exact) mass is 404 g/mol. The van der Waals surface area contributed by atoms with Gasteiger partial charge in [-0.15, -0.1) is 0 Å². The molecule has 27 heavy (non-hydrogen) atoms. The molecule has 1 unspecified atom stereocenters. The molecule has 7 heteroatoms. The lowest BCUT2D eigenvalue weighted by atomic mass is 10.1. The smallest absolute Gasteiger partial charge is 0.244 e. The highest BCUT2D eigenvalue weighted by molar-refractivity contribution is 7.89. The van der Waals surface area contributed by atoms with E-state index >= 15 is 0 Å². The third-order valence-corrected chi connectivity index (χ3v) is 6.56. The fraction of sp³-hybridized carbons (Fsp3) is 0.250. The van der Waals surface area contributed by atoms with Gasteiger partial charge in [-0.25, -0.2) is 8.42 Å². The van der Waals surface area contributed by atoms with E-state index in [4.69, 9.17) is 11.6 Å². The molecule has 5 nitrogen and oxygen atoms in total. The predicted octanol–water partition coefficient (Wildman–Crippen LogP) is 3.32. The second kappa shape index (κ2) is 8.69. The zero-order chi connectivity index (χ0) is 19.3. The second-order valence-corrected chi connectivity index (χ2v) is 8.62. The zero-order valence-corrected chi connectivity index (χ0v) is 16.3. The molecule has 1 N–H and O–H groups in total. The van der Waals surface area contributed by atoms with Gasteiger partial charge in [-0.1, -0.05) is 54.1 Å². The van der Waals surface area contributed by atoms with Crippen LogP contribution in [0.4, 0.5) is 0 Å². The van der Waals surface area contributed by atoms with Crippen LogP contribution in [-0.4, -0.2) is 37.8 Å². The number of hydrogen-bond donors (Lipinski definition) is 1. The van der Waals surface area contributed by atoms with Gasteiger partial charge in [0.15, 0.2) is 0 Å². The molecule has 1 saturated heterocycles. The Hall–Kier alpha value is -2.15. The molecular weight excluding hydrogens is 384 g/mol. The molecule has 1 aliphatic heterocycles. The minimum Gasteiger partial charge on any atom is -0.355 e. The first-order chi connectivity index (χ1) is 13.0. The maximum Gasteiger partial charge on any atom is 0.244 e. The molecular formula is C20H21ClN2O3S. The molecule has 1 aliphatic rings. The maximum absolute atomic E-state index is 13.2. The first-order valence-electron chi connectivity index (χ1n) is 8.75. The Morgan fingerprint density at radius 2 is 1.81 bits per heavy atom. The van der Waals surface area contributed by atoms with E-state index in [2.05, 4.69) is 5.32 Å². The Balaban J connectivity index is 1.90. The van der Waals surface area contributed by atoms with Gasteiger partial charge in [0.2, 0.25) is 15.9 Å². The van der Waals surface area contributed by atoms with Gasteiger partial charge in [0, 0.05) is 18.1 Å². The summed E-state index contributed by atoms with van der Waals surface area (Å²) in [6.45, 7) is 0.683. The van der Waals surface area contributed by atoms with Crippen molar-refractivity contribution in [1.29, 1.82) is 0 Å². The predicted molar refractivity (Wildman–Crippen MR) is 107 cm³/mol. The second-order valence-electron chi connectivity index (χ2n) is 6.29. The van der Waals surface area contributed by atoms with Crippen LogP contribution in [0.1, 0.15) is 18.4 Å². The number of piperidine rings is 1. The Bertz CT molecular complexity index is 912. The van der Waals surface area contributed by atoms with Gasteiger partial charge in [-0.05, 0) is 42.7 Å². The molecule has 0 radical (unpaired) electrons. The van der Waals surface area contributed by atoms with Crippen molar-refractivity contribution in [2.45, 2.75) is 23.8 Å². The summed E-state index contributed by atoms with van der Waals surface area (Å²) in [6.07, 6.45) is 4.86. The first-order valence-corrected chi connectivity index (χ1v) is 10.6. The summed E-state index contributed by atoms with van der Waals surface area (Å²) in [5.41, 5.74) is 0.967. The van der Waals surface area contributed by atoms with Gasteiger partial charge in [-0.2, -0.15) is 4.31 Å². The maximum atomic E-state index is 13.2. The fourth-order valence-electron chi connectivity index (χ4n) is 3.02. The number of nitrogens with zero attached hydrogens (tertiary/aromatic N) is 1. The summed E-state index contributed by atoms with van der Waals surface area (Å²) in [6, 6.07) is 14.9. The normalized spacial score (nSPS) is 18.0. The van der Waals surface area contributed by atoms with Crippen molar-refractivity contribution in [3.05, 3.63) is 71.3 Å². The SMILES string of the molecule is O=C1NCCCC1N(CC=Cc1ccccc1)S(=O)(=O)c1ccc(Cl)cc1. The molecule has 1 fully saturated rings. The number of carbonyl (C=O) groups is 1. The van der Waals surface area contributed by atoms with Crippen LogP contribution in [0.2, 0.25) is 5.02 Å². The molecule has 2 aromatic carbocycles. The van der Waals surface area contributed by atoms with Gasteiger partial charge in [-0.3, -0.25) is 4.79 Å². The number of nitrogens with one attached hydrogen (secondary N) is 1. The number of amides is 1. The van der Waals surface area contributed by atoms with E-state index < -0.39 is 16.1 Å². The molecule has 1 amide bonds. The Morgan fingerprint density at radius 3 is 2.48 bits per heavy atom. The van der Waals surface area contributed by atoms with E-state index in [0.717, 1.165) is 12.0 Å². The molecule has 142 valence electrons. The molecule has 0 aliphatic carbocycles. The fourth-order valence-corrected chi connectivity index (χ4v) is 4.72. The van der Waals surface area contributed by atoms with Gasteiger partial charge < -0.3 is 5.32 Å². The largest absolute Gasteiger partial charge is 0.355 e. The van der Waals surface area contributed by atoms with Crippen molar-refractivity contribution < 1.29 is 13.2 Å². The van der Waals surface area contributed by atoms with Crippen molar-refractivity contribution in [2.75, 3.05) is 13.1 Å². The quantitative estimate of drug-likeness (QED) is 0.803. The lowest BCUT2D eigenvalue weighted by molar-refractivity contribution is -0.126. The van der Waals surface area contributed by atoms with Crippen LogP contribution in [0.3, 0.4) is 0 Å². The molecule has 1 atom stereocenters. The molecule has 2 aromatic rings. The van der Waals surface area contributed by atoms with E-state index in [1.165, 1.54) is 28.6 Å². The van der Waals surface area contributed by atoms with Gasteiger partial charge in [0.25, 0.3) is 0 Å². The van der Waals surface area contributed by atoms with E-state index in [9.17, 15) is 13.2 Å². The summed E-state index contributed by atoms with van der Waals surface area (Å²) in [5.74, 6) is -0.258. The Labute approximate surface area is 164 Å². The van der Waals surface area contributed by atoms with Crippen LogP contribution in [-0.2, 0) is 14.8 Å². The number of hydrogen-bond acceptors (Lipinski definition) is 3. The summed E-state index contributed by atoms with van der Waals surface area (Å²) < 4.78 is 27.7. The van der Waals surface area contributed by atoms with Gasteiger partial charge in [0.05, 0.1) is 4.90 Å². The Morgan fingerprint density at radius 1 is 1.11 bits per heavy atom. The number of halogens is 1. The van der Waals surface area contributed by atoms with Gasteiger partial charge in [0.1, 0.15) is 6.04 Å². The van der Waals surface area contributed by atoms with Crippen molar-refractivity contribution in [1.82, 2.24) is 9.62 Å². The van der Waals surface area contributed by atoms with E-state index in [0.29, 0.717) is 18.0 Å². The van der Waals surface area contributed by atoms with Crippen molar-refractivity contribution in [3.63, 3.8) is 0 Å². The van der Waals surface area contributed by atoms with Crippen LogP contribution in [0, 0.1) is 0 Å². The molecule has 0 saturated carbocycles. The lowest BCUT2D eigenvalue weighted by Gasteiger charge is -2.32. The first kappa shape index (κ1) is 19.6. The highest BCUT2D eigenvalue weighted by Gasteiger charge is 2.36. The van der Waals surface area contributed by atoms with Crippen LogP contribution in [0.15, 0.2) is 65.6 Å². The molecule has 0 aromatic heterocycles. The van der Waals surface area contributed by atoms with Crippen LogP contribution < -0.4 is 5.32 Å². The third-order valence-electron chi connectivity index (χ3n) is 4.42. The highest BCUT2D eigenvalue weighted by atomic mass is 35.5. The number of carbonyl (C=O) groups excluding carboxylic acids is 1. The Kier molecular flexibility index (Phi) is 6.31. The molecule has 0 bridgehead atoms. The van der Waals surface area contributed by atoms with E-state index in [-0.39, 0.29) is 17.3 Å². The van der Waals surface area contributed by atoms with Crippen molar-refractivity contribution in [2.24, 2.45) is 0 Å². The average Bonchev–Trinajstić information content (AvgIpc) is 2.67. The zero-order valence-electron chi connectivity index (χ0n) is 14.7. The van der Waals surface area contributed by atoms with Crippen LogP contribution in [0.25, 0.3) is 6.08 Å². The lowest BCUT2D eigenvalue weighted by Crippen LogP contribution is -2.52. The minimum atomic E-state index is -3.84. The highest BCUT2D eigenvalue weighted by Crippen LogP contribution is 2.23. The summed E-state index contributed by atoms with van der Waals surface area (Å²) in [4.78, 5) is 12.5. The van der Waals surface area contributed by atoms with Gasteiger partial charge >= 0.3 is 0 Å². The minimum absolute atomic E-state index is 0.109.